The first-order valence-corrected chi connectivity index (χ1v) is 6.07. The molecular weight excluding hydrogens is 216 g/mol. The zero-order valence-corrected chi connectivity index (χ0v) is 11.2. The number of fused-ring (bicyclic) bond motifs is 1. The van der Waals surface area contributed by atoms with E-state index in [1.165, 1.54) is 5.57 Å². The summed E-state index contributed by atoms with van der Waals surface area (Å²) in [6.07, 6.45) is 0.503. The van der Waals surface area contributed by atoms with E-state index in [9.17, 15) is 4.79 Å². The Morgan fingerprint density at radius 1 is 1.41 bits per heavy atom. The van der Waals surface area contributed by atoms with Gasteiger partial charge in [-0.1, -0.05) is 20.8 Å². The number of nitrogens with zero attached hydrogens (tertiary/aromatic N) is 2. The van der Waals surface area contributed by atoms with Crippen molar-refractivity contribution in [3.63, 3.8) is 0 Å². The molecule has 1 saturated heterocycles. The van der Waals surface area contributed by atoms with E-state index in [4.69, 9.17) is 4.74 Å². The Morgan fingerprint density at radius 2 is 2.06 bits per heavy atom. The third kappa shape index (κ3) is 1.96. The highest BCUT2D eigenvalue weighted by molar-refractivity contribution is 6.01. The summed E-state index contributed by atoms with van der Waals surface area (Å²) in [6, 6.07) is 0.154. The number of aliphatic imine (C=N–C) groups is 1. The molecule has 0 aromatic heterocycles. The van der Waals surface area contributed by atoms with Gasteiger partial charge < -0.3 is 4.74 Å². The first-order chi connectivity index (χ1) is 7.82. The number of ether oxygens (including phenoxy) is 1. The maximum atomic E-state index is 11.9. The van der Waals surface area contributed by atoms with Crippen molar-refractivity contribution >= 4 is 11.9 Å². The van der Waals surface area contributed by atoms with Crippen LogP contribution in [-0.4, -0.2) is 29.5 Å². The number of amidine groups is 1. The largest absolute Gasteiger partial charge is 0.448 e. The van der Waals surface area contributed by atoms with Crippen LogP contribution in [0.5, 0.6) is 0 Å². The van der Waals surface area contributed by atoms with Crippen LogP contribution in [0, 0.1) is 5.41 Å². The molecule has 4 nitrogen and oxygen atoms in total. The normalized spacial score (nSPS) is 25.5. The Bertz CT molecular complexity index is 416. The van der Waals surface area contributed by atoms with Crippen LogP contribution >= 0.6 is 0 Å². The third-order valence-electron chi connectivity index (χ3n) is 3.30. The average molecular weight is 236 g/mol. The van der Waals surface area contributed by atoms with Crippen molar-refractivity contribution in [2.75, 3.05) is 6.61 Å². The smallest absolute Gasteiger partial charge is 0.419 e. The number of rotatable bonds is 0. The molecule has 0 radical (unpaired) electrons. The second-order valence-corrected chi connectivity index (χ2v) is 5.71. The maximum Gasteiger partial charge on any atom is 0.419 e. The van der Waals surface area contributed by atoms with E-state index in [1.807, 2.05) is 0 Å². The molecule has 0 N–H and O–H groups in total. The van der Waals surface area contributed by atoms with E-state index >= 15 is 0 Å². The van der Waals surface area contributed by atoms with Crippen LogP contribution in [0.3, 0.4) is 0 Å². The van der Waals surface area contributed by atoms with Gasteiger partial charge in [-0.3, -0.25) is 4.99 Å². The van der Waals surface area contributed by atoms with Crippen LogP contribution in [0.15, 0.2) is 16.3 Å². The highest BCUT2D eigenvalue weighted by atomic mass is 16.6. The summed E-state index contributed by atoms with van der Waals surface area (Å²) in [7, 11) is 0. The Labute approximate surface area is 102 Å². The highest BCUT2D eigenvalue weighted by Gasteiger charge is 2.39. The number of carbonyl (C=O) groups excluding carboxylic acids is 1. The van der Waals surface area contributed by atoms with Crippen LogP contribution in [-0.2, 0) is 4.74 Å². The molecule has 1 amide bonds. The van der Waals surface area contributed by atoms with E-state index in [2.05, 4.69) is 39.6 Å². The summed E-state index contributed by atoms with van der Waals surface area (Å²) in [5.41, 5.74) is 2.10. The van der Waals surface area contributed by atoms with Gasteiger partial charge in [-0.05, 0) is 19.4 Å². The predicted molar refractivity (Wildman–Crippen MR) is 66.9 cm³/mol. The Balaban J connectivity index is 2.49. The summed E-state index contributed by atoms with van der Waals surface area (Å²) < 4.78 is 5.13. The van der Waals surface area contributed by atoms with Crippen LogP contribution in [0.2, 0.25) is 0 Å². The van der Waals surface area contributed by atoms with Crippen molar-refractivity contribution in [3.8, 4) is 0 Å². The minimum atomic E-state index is -0.286. The van der Waals surface area contributed by atoms with E-state index in [0.717, 1.165) is 18.0 Å². The fourth-order valence-electron chi connectivity index (χ4n) is 2.22. The lowest BCUT2D eigenvalue weighted by Crippen LogP contribution is -2.49. The molecule has 17 heavy (non-hydrogen) atoms. The molecular formula is C13H20N2O2. The summed E-state index contributed by atoms with van der Waals surface area (Å²) in [6.45, 7) is 10.8. The Morgan fingerprint density at radius 3 is 2.65 bits per heavy atom. The first-order valence-electron chi connectivity index (χ1n) is 6.07. The van der Waals surface area contributed by atoms with Crippen LogP contribution in [0.1, 0.15) is 41.0 Å². The molecule has 0 aromatic carbocycles. The second kappa shape index (κ2) is 3.86. The van der Waals surface area contributed by atoms with Gasteiger partial charge in [-0.15, -0.1) is 0 Å². The molecule has 0 aromatic rings. The average Bonchev–Trinajstić information content (AvgIpc) is 2.22. The van der Waals surface area contributed by atoms with E-state index in [0.29, 0.717) is 6.61 Å². The summed E-state index contributed by atoms with van der Waals surface area (Å²) in [5, 5.41) is 0. The monoisotopic (exact) mass is 236 g/mol. The molecule has 0 spiro atoms. The Hall–Kier alpha value is -1.32. The molecule has 2 aliphatic rings. The SMILES string of the molecule is CC1=C2CCOC(=O)N2C(C(C)(C)C)=N[C@H]1C. The van der Waals surface area contributed by atoms with Gasteiger partial charge in [0.2, 0.25) is 0 Å². The quantitative estimate of drug-likeness (QED) is 0.649. The van der Waals surface area contributed by atoms with Gasteiger partial charge in [0.05, 0.1) is 12.6 Å². The predicted octanol–water partition coefficient (Wildman–Crippen LogP) is 2.95. The van der Waals surface area contributed by atoms with Gasteiger partial charge in [0.1, 0.15) is 5.84 Å². The minimum Gasteiger partial charge on any atom is -0.448 e. The molecule has 2 rings (SSSR count). The number of amides is 1. The fraction of sp³-hybridized carbons (Fsp3) is 0.692. The first kappa shape index (κ1) is 12.1. The highest BCUT2D eigenvalue weighted by Crippen LogP contribution is 2.33. The lowest BCUT2D eigenvalue weighted by atomic mass is 9.90. The lowest BCUT2D eigenvalue weighted by molar-refractivity contribution is 0.107. The van der Waals surface area contributed by atoms with E-state index in [1.54, 1.807) is 4.90 Å². The molecule has 1 atom stereocenters. The second-order valence-electron chi connectivity index (χ2n) is 5.71. The van der Waals surface area contributed by atoms with E-state index < -0.39 is 0 Å². The van der Waals surface area contributed by atoms with Gasteiger partial charge in [0.15, 0.2) is 0 Å². The fourth-order valence-corrected chi connectivity index (χ4v) is 2.22. The number of cyclic esters (lactones) is 1. The van der Waals surface area contributed by atoms with Crippen LogP contribution < -0.4 is 0 Å². The standard InChI is InChI=1S/C13H20N2O2/c1-8-9(2)14-11(13(3,4)5)15-10(8)6-7-17-12(15)16/h9H,6-7H2,1-5H3/t9-/m0/s1. The zero-order chi connectivity index (χ0) is 12.8. The van der Waals surface area contributed by atoms with Crippen molar-refractivity contribution in [2.24, 2.45) is 10.4 Å². The number of hydrogen-bond donors (Lipinski definition) is 0. The third-order valence-corrected chi connectivity index (χ3v) is 3.30. The molecule has 0 aliphatic carbocycles. The van der Waals surface area contributed by atoms with Crippen LogP contribution in [0.4, 0.5) is 4.79 Å². The van der Waals surface area contributed by atoms with Gasteiger partial charge in [0.25, 0.3) is 0 Å². The summed E-state index contributed by atoms with van der Waals surface area (Å²) >= 11 is 0. The van der Waals surface area contributed by atoms with E-state index in [-0.39, 0.29) is 17.6 Å². The van der Waals surface area contributed by atoms with Gasteiger partial charge in [-0.25, -0.2) is 9.69 Å². The number of carbonyl (C=O) groups is 1. The topological polar surface area (TPSA) is 41.9 Å². The zero-order valence-electron chi connectivity index (χ0n) is 11.2. The van der Waals surface area contributed by atoms with Crippen molar-refractivity contribution < 1.29 is 9.53 Å². The lowest BCUT2D eigenvalue weighted by Gasteiger charge is -2.40. The van der Waals surface area contributed by atoms with Crippen molar-refractivity contribution in [2.45, 2.75) is 47.1 Å². The molecule has 0 unspecified atom stereocenters. The van der Waals surface area contributed by atoms with Gasteiger partial charge in [0, 0.05) is 17.5 Å². The van der Waals surface area contributed by atoms with Gasteiger partial charge >= 0.3 is 6.09 Å². The molecule has 1 fully saturated rings. The van der Waals surface area contributed by atoms with Crippen molar-refractivity contribution in [1.29, 1.82) is 0 Å². The number of hydrogen-bond acceptors (Lipinski definition) is 3. The van der Waals surface area contributed by atoms with Crippen molar-refractivity contribution in [1.82, 2.24) is 4.90 Å². The van der Waals surface area contributed by atoms with Gasteiger partial charge in [-0.2, -0.15) is 0 Å². The molecule has 4 heteroatoms. The van der Waals surface area contributed by atoms with Crippen molar-refractivity contribution in [3.05, 3.63) is 11.3 Å². The molecule has 94 valence electrons. The molecule has 2 heterocycles. The molecule has 2 aliphatic heterocycles. The maximum absolute atomic E-state index is 11.9. The molecule has 0 bridgehead atoms. The minimum absolute atomic E-state index is 0.154. The summed E-state index contributed by atoms with van der Waals surface area (Å²) in [4.78, 5) is 18.2. The molecule has 0 saturated carbocycles. The van der Waals surface area contributed by atoms with Crippen LogP contribution in [0.25, 0.3) is 0 Å². The summed E-state index contributed by atoms with van der Waals surface area (Å²) in [5.74, 6) is 0.815. The Kier molecular flexibility index (Phi) is 2.76.